The SMILES string of the molecule is N/C(=C/c1ccc(F)c(Cl)c1)C(=O)O. The molecule has 14 heavy (non-hydrogen) atoms. The van der Waals surface area contributed by atoms with Gasteiger partial charge in [0.1, 0.15) is 11.5 Å². The van der Waals surface area contributed by atoms with Crippen LogP contribution < -0.4 is 5.73 Å². The molecule has 3 nitrogen and oxygen atoms in total. The maximum atomic E-state index is 12.7. The molecule has 0 atom stereocenters. The number of aliphatic carboxylic acids is 1. The number of hydrogen-bond donors (Lipinski definition) is 2. The molecule has 0 saturated heterocycles. The minimum Gasteiger partial charge on any atom is -0.477 e. The van der Waals surface area contributed by atoms with Crippen molar-refractivity contribution in [2.45, 2.75) is 0 Å². The van der Waals surface area contributed by atoms with Crippen molar-refractivity contribution in [1.82, 2.24) is 0 Å². The second-order valence-corrected chi connectivity index (χ2v) is 2.99. The van der Waals surface area contributed by atoms with Crippen molar-refractivity contribution in [2.75, 3.05) is 0 Å². The molecule has 0 bridgehead atoms. The van der Waals surface area contributed by atoms with Crippen molar-refractivity contribution in [3.63, 3.8) is 0 Å². The van der Waals surface area contributed by atoms with Gasteiger partial charge in [-0.05, 0) is 23.8 Å². The summed E-state index contributed by atoms with van der Waals surface area (Å²) >= 11 is 5.48. The van der Waals surface area contributed by atoms with E-state index in [2.05, 4.69) is 0 Å². The summed E-state index contributed by atoms with van der Waals surface area (Å²) in [5, 5.41) is 8.39. The first kappa shape index (κ1) is 10.5. The quantitative estimate of drug-likeness (QED) is 0.741. The van der Waals surface area contributed by atoms with E-state index >= 15 is 0 Å². The van der Waals surface area contributed by atoms with Crippen LogP contribution in [-0.4, -0.2) is 11.1 Å². The van der Waals surface area contributed by atoms with E-state index in [1.54, 1.807) is 0 Å². The zero-order valence-electron chi connectivity index (χ0n) is 7.00. The van der Waals surface area contributed by atoms with Gasteiger partial charge in [0.05, 0.1) is 5.02 Å². The second kappa shape index (κ2) is 4.11. The van der Waals surface area contributed by atoms with Gasteiger partial charge in [0.25, 0.3) is 0 Å². The predicted molar refractivity (Wildman–Crippen MR) is 51.2 cm³/mol. The van der Waals surface area contributed by atoms with Crippen molar-refractivity contribution in [1.29, 1.82) is 0 Å². The summed E-state index contributed by atoms with van der Waals surface area (Å²) in [4.78, 5) is 10.4. The Labute approximate surface area is 84.6 Å². The summed E-state index contributed by atoms with van der Waals surface area (Å²) in [5.74, 6) is -1.79. The number of carbonyl (C=O) groups is 1. The fourth-order valence-electron chi connectivity index (χ4n) is 0.843. The first-order valence-corrected chi connectivity index (χ1v) is 4.04. The Hall–Kier alpha value is -1.55. The third kappa shape index (κ3) is 2.47. The number of rotatable bonds is 2. The standard InChI is InChI=1S/C9H7ClFNO2/c10-6-3-5(1-2-7(6)11)4-8(12)9(13)14/h1-4H,12H2,(H,13,14)/b8-4+. The monoisotopic (exact) mass is 215 g/mol. The number of carboxylic acids is 1. The number of hydrogen-bond acceptors (Lipinski definition) is 2. The second-order valence-electron chi connectivity index (χ2n) is 2.58. The minimum atomic E-state index is -1.23. The summed E-state index contributed by atoms with van der Waals surface area (Å²) in [6.45, 7) is 0. The molecule has 0 aliphatic rings. The van der Waals surface area contributed by atoms with E-state index in [-0.39, 0.29) is 10.7 Å². The van der Waals surface area contributed by atoms with Gasteiger partial charge >= 0.3 is 5.97 Å². The van der Waals surface area contributed by atoms with Crippen LogP contribution in [0.15, 0.2) is 23.9 Å². The summed E-state index contributed by atoms with van der Waals surface area (Å²) in [5.41, 5.74) is 5.28. The lowest BCUT2D eigenvalue weighted by Gasteiger charge is -1.97. The van der Waals surface area contributed by atoms with Crippen LogP contribution in [0, 0.1) is 5.82 Å². The largest absolute Gasteiger partial charge is 0.477 e. The van der Waals surface area contributed by atoms with Crippen molar-refractivity contribution in [3.8, 4) is 0 Å². The third-order valence-electron chi connectivity index (χ3n) is 1.51. The van der Waals surface area contributed by atoms with Gasteiger partial charge in [0.15, 0.2) is 0 Å². The molecule has 1 aromatic carbocycles. The highest BCUT2D eigenvalue weighted by atomic mass is 35.5. The van der Waals surface area contributed by atoms with E-state index in [0.29, 0.717) is 5.56 Å². The molecule has 1 rings (SSSR count). The van der Waals surface area contributed by atoms with Crippen LogP contribution in [0.5, 0.6) is 0 Å². The molecule has 0 aromatic heterocycles. The molecule has 0 heterocycles. The molecule has 0 unspecified atom stereocenters. The zero-order chi connectivity index (χ0) is 10.7. The van der Waals surface area contributed by atoms with E-state index in [0.717, 1.165) is 6.07 Å². The molecule has 0 saturated carbocycles. The average molecular weight is 216 g/mol. The molecule has 0 amide bonds. The van der Waals surface area contributed by atoms with Crippen LogP contribution in [0.2, 0.25) is 5.02 Å². The van der Waals surface area contributed by atoms with Gasteiger partial charge in [0.2, 0.25) is 0 Å². The van der Waals surface area contributed by atoms with Crippen LogP contribution in [0.4, 0.5) is 4.39 Å². The van der Waals surface area contributed by atoms with Crippen molar-refractivity contribution < 1.29 is 14.3 Å². The predicted octanol–water partition coefficient (Wildman–Crippen LogP) is 1.86. The Morgan fingerprint density at radius 3 is 2.71 bits per heavy atom. The summed E-state index contributed by atoms with van der Waals surface area (Å²) in [6, 6.07) is 3.83. The number of halogens is 2. The van der Waals surface area contributed by atoms with Crippen molar-refractivity contribution in [3.05, 3.63) is 40.3 Å². The molecular formula is C9H7ClFNO2. The highest BCUT2D eigenvalue weighted by molar-refractivity contribution is 6.30. The van der Waals surface area contributed by atoms with Gasteiger partial charge in [-0.2, -0.15) is 0 Å². The lowest BCUT2D eigenvalue weighted by Crippen LogP contribution is -2.09. The van der Waals surface area contributed by atoms with Crippen LogP contribution >= 0.6 is 11.6 Å². The Balaban J connectivity index is 3.04. The molecule has 0 aliphatic carbocycles. The first-order chi connectivity index (χ1) is 6.50. The number of carboxylic acid groups (broad SMARTS) is 1. The molecule has 74 valence electrons. The van der Waals surface area contributed by atoms with Crippen LogP contribution in [-0.2, 0) is 4.79 Å². The van der Waals surface area contributed by atoms with E-state index in [1.165, 1.54) is 18.2 Å². The minimum absolute atomic E-state index is 0.0723. The molecular weight excluding hydrogens is 209 g/mol. The van der Waals surface area contributed by atoms with Gasteiger partial charge in [-0.1, -0.05) is 17.7 Å². The molecule has 0 aliphatic heterocycles. The van der Waals surface area contributed by atoms with Gasteiger partial charge < -0.3 is 10.8 Å². The molecule has 0 spiro atoms. The highest BCUT2D eigenvalue weighted by Gasteiger charge is 2.03. The number of benzene rings is 1. The highest BCUT2D eigenvalue weighted by Crippen LogP contribution is 2.17. The Morgan fingerprint density at radius 1 is 1.57 bits per heavy atom. The fourth-order valence-corrected chi connectivity index (χ4v) is 1.03. The molecule has 5 heteroatoms. The lowest BCUT2D eigenvalue weighted by molar-refractivity contribution is -0.132. The van der Waals surface area contributed by atoms with E-state index in [9.17, 15) is 9.18 Å². The Kier molecular flexibility index (Phi) is 3.09. The van der Waals surface area contributed by atoms with E-state index in [1.807, 2.05) is 0 Å². The number of nitrogens with two attached hydrogens (primary N) is 1. The van der Waals surface area contributed by atoms with Crippen LogP contribution in [0.25, 0.3) is 6.08 Å². The maximum absolute atomic E-state index is 12.7. The lowest BCUT2D eigenvalue weighted by atomic mass is 10.2. The first-order valence-electron chi connectivity index (χ1n) is 3.66. The zero-order valence-corrected chi connectivity index (χ0v) is 7.75. The van der Waals surface area contributed by atoms with Crippen LogP contribution in [0.3, 0.4) is 0 Å². The molecule has 0 fully saturated rings. The van der Waals surface area contributed by atoms with E-state index in [4.69, 9.17) is 22.4 Å². The topological polar surface area (TPSA) is 63.3 Å². The summed E-state index contributed by atoms with van der Waals surface area (Å²) in [6.07, 6.45) is 1.20. The van der Waals surface area contributed by atoms with E-state index < -0.39 is 11.8 Å². The summed E-state index contributed by atoms with van der Waals surface area (Å²) in [7, 11) is 0. The van der Waals surface area contributed by atoms with Gasteiger partial charge in [-0.3, -0.25) is 0 Å². The van der Waals surface area contributed by atoms with Gasteiger partial charge in [-0.15, -0.1) is 0 Å². The van der Waals surface area contributed by atoms with Gasteiger partial charge in [0, 0.05) is 0 Å². The van der Waals surface area contributed by atoms with Crippen molar-refractivity contribution >= 4 is 23.6 Å². The van der Waals surface area contributed by atoms with Crippen molar-refractivity contribution in [2.24, 2.45) is 5.73 Å². The molecule has 1 aromatic rings. The van der Waals surface area contributed by atoms with Crippen LogP contribution in [0.1, 0.15) is 5.56 Å². The smallest absolute Gasteiger partial charge is 0.351 e. The Bertz CT molecular complexity index is 404. The molecule has 0 radical (unpaired) electrons. The normalized spacial score (nSPS) is 11.4. The molecule has 3 N–H and O–H groups in total. The maximum Gasteiger partial charge on any atom is 0.351 e. The average Bonchev–Trinajstić information content (AvgIpc) is 2.11. The Morgan fingerprint density at radius 2 is 2.21 bits per heavy atom. The van der Waals surface area contributed by atoms with Gasteiger partial charge in [-0.25, -0.2) is 9.18 Å². The summed E-state index contributed by atoms with van der Waals surface area (Å²) < 4.78 is 12.7. The fraction of sp³-hybridized carbons (Fsp3) is 0. The third-order valence-corrected chi connectivity index (χ3v) is 1.80.